The fourth-order valence-electron chi connectivity index (χ4n) is 5.32. The van der Waals surface area contributed by atoms with Crippen molar-refractivity contribution in [3.05, 3.63) is 29.8 Å². The van der Waals surface area contributed by atoms with Crippen LogP contribution in [0.3, 0.4) is 0 Å². The highest BCUT2D eigenvalue weighted by Crippen LogP contribution is 2.41. The maximum absolute atomic E-state index is 13.6. The van der Waals surface area contributed by atoms with Crippen LogP contribution in [0.15, 0.2) is 18.2 Å². The van der Waals surface area contributed by atoms with Gasteiger partial charge in [0.05, 0.1) is 12.1 Å². The molecular weight excluding hydrogens is 458 g/mol. The number of rotatable bonds is 7. The number of amides is 1. The first-order chi connectivity index (χ1) is 16.3. The molecule has 2 aliphatic rings. The lowest BCUT2D eigenvalue weighted by atomic mass is 9.68. The highest BCUT2D eigenvalue weighted by atomic mass is 19.1. The minimum Gasteiger partial charge on any atom is -0.490 e. The molecule has 0 bridgehead atoms. The fraction of sp³-hybridized carbons (Fsp3) is 0.731. The van der Waals surface area contributed by atoms with Crippen LogP contribution in [-0.2, 0) is 9.53 Å². The van der Waals surface area contributed by atoms with Gasteiger partial charge in [-0.25, -0.2) is 8.78 Å². The highest BCUT2D eigenvalue weighted by molar-refractivity contribution is 5.77. The molecule has 198 valence electrons. The standard InChI is InChI=1S/C26H40F2N2O5/c1-24(2,3)19-5-7-25(32,8-6-19)15-29-9-10-30(23(31)14-34-4)17-26(33,16-29)18-35-22-12-20(27)11-21(28)13-22/h11-13,19,32-33H,5-10,14-18H2,1-4H3. The molecule has 1 unspecified atom stereocenters. The molecule has 0 radical (unpaired) electrons. The van der Waals surface area contributed by atoms with Crippen LogP contribution in [0.2, 0.25) is 0 Å². The molecule has 9 heteroatoms. The molecular formula is C26H40F2N2O5. The van der Waals surface area contributed by atoms with Crippen molar-refractivity contribution in [3.8, 4) is 5.75 Å². The SMILES string of the molecule is COCC(=O)N1CCN(CC2(O)CCC(C(C)(C)C)CC2)CC(O)(COc2cc(F)cc(F)c2)C1. The van der Waals surface area contributed by atoms with Gasteiger partial charge in [-0.2, -0.15) is 0 Å². The summed E-state index contributed by atoms with van der Waals surface area (Å²) in [7, 11) is 1.43. The number of hydrogen-bond donors (Lipinski definition) is 2. The lowest BCUT2D eigenvalue weighted by Gasteiger charge is -2.43. The van der Waals surface area contributed by atoms with Crippen LogP contribution in [0.5, 0.6) is 5.75 Å². The van der Waals surface area contributed by atoms with Crippen molar-refractivity contribution in [1.29, 1.82) is 0 Å². The molecule has 2 fully saturated rings. The monoisotopic (exact) mass is 498 g/mol. The van der Waals surface area contributed by atoms with Gasteiger partial charge >= 0.3 is 0 Å². The Kier molecular flexibility index (Phi) is 8.78. The van der Waals surface area contributed by atoms with Crippen LogP contribution in [0.25, 0.3) is 0 Å². The van der Waals surface area contributed by atoms with Gasteiger partial charge in [-0.05, 0) is 37.0 Å². The summed E-state index contributed by atoms with van der Waals surface area (Å²) in [5, 5.41) is 22.9. The van der Waals surface area contributed by atoms with Gasteiger partial charge in [-0.15, -0.1) is 0 Å². The molecule has 1 aromatic rings. The second-order valence-corrected chi connectivity index (χ2v) is 11.4. The molecule has 0 aromatic heterocycles. The Balaban J connectivity index is 1.72. The summed E-state index contributed by atoms with van der Waals surface area (Å²) in [5.74, 6) is -1.32. The third kappa shape index (κ3) is 7.84. The predicted octanol–water partition coefficient (Wildman–Crippen LogP) is 2.83. The third-order valence-corrected chi connectivity index (χ3v) is 7.31. The van der Waals surface area contributed by atoms with E-state index >= 15 is 0 Å². The molecule has 7 nitrogen and oxygen atoms in total. The molecule has 1 atom stereocenters. The molecule has 3 rings (SSSR count). The first kappa shape index (κ1) is 27.8. The summed E-state index contributed by atoms with van der Waals surface area (Å²) < 4.78 is 37.7. The summed E-state index contributed by atoms with van der Waals surface area (Å²) in [6.45, 7) is 7.62. The van der Waals surface area contributed by atoms with Crippen LogP contribution in [0, 0.1) is 23.0 Å². The van der Waals surface area contributed by atoms with Gasteiger partial charge in [0.15, 0.2) is 0 Å². The van der Waals surface area contributed by atoms with Crippen molar-refractivity contribution < 1.29 is 33.3 Å². The van der Waals surface area contributed by atoms with Crippen LogP contribution in [0.4, 0.5) is 8.78 Å². The fourth-order valence-corrected chi connectivity index (χ4v) is 5.32. The lowest BCUT2D eigenvalue weighted by Crippen LogP contribution is -2.54. The van der Waals surface area contributed by atoms with E-state index in [0.29, 0.717) is 38.4 Å². The summed E-state index contributed by atoms with van der Waals surface area (Å²) in [5.41, 5.74) is -2.19. The quantitative estimate of drug-likeness (QED) is 0.602. The van der Waals surface area contributed by atoms with Crippen molar-refractivity contribution >= 4 is 5.91 Å². The minimum absolute atomic E-state index is 0.0198. The first-order valence-corrected chi connectivity index (χ1v) is 12.3. The van der Waals surface area contributed by atoms with Crippen molar-refractivity contribution in [2.75, 3.05) is 53.0 Å². The largest absolute Gasteiger partial charge is 0.490 e. The minimum atomic E-state index is -1.51. The number of ether oxygens (including phenoxy) is 2. The molecule has 1 aliphatic carbocycles. The van der Waals surface area contributed by atoms with Gasteiger partial charge in [0.2, 0.25) is 5.91 Å². The summed E-state index contributed by atoms with van der Waals surface area (Å²) in [6, 6.07) is 2.84. The summed E-state index contributed by atoms with van der Waals surface area (Å²) in [6.07, 6.45) is 3.22. The molecule has 0 spiro atoms. The zero-order valence-electron chi connectivity index (χ0n) is 21.4. The second-order valence-electron chi connectivity index (χ2n) is 11.4. The van der Waals surface area contributed by atoms with E-state index in [1.54, 1.807) is 0 Å². The number of β-amino-alcohol motifs (C(OH)–C–C–N with tert-alkyl or cyclic N) is 2. The zero-order chi connectivity index (χ0) is 25.9. The van der Waals surface area contributed by atoms with Gasteiger partial charge < -0.3 is 24.6 Å². The molecule has 2 N–H and O–H groups in total. The van der Waals surface area contributed by atoms with E-state index in [1.807, 2.05) is 4.90 Å². The van der Waals surface area contributed by atoms with Gasteiger partial charge in [-0.3, -0.25) is 9.69 Å². The molecule has 1 amide bonds. The topological polar surface area (TPSA) is 82.5 Å². The number of methoxy groups -OCH3 is 1. The summed E-state index contributed by atoms with van der Waals surface area (Å²) in [4.78, 5) is 16.1. The van der Waals surface area contributed by atoms with E-state index in [1.165, 1.54) is 12.0 Å². The molecule has 1 heterocycles. The van der Waals surface area contributed by atoms with Gasteiger partial charge in [0.25, 0.3) is 0 Å². The average Bonchev–Trinajstić information content (AvgIpc) is 2.90. The van der Waals surface area contributed by atoms with E-state index in [2.05, 4.69) is 20.8 Å². The Bertz CT molecular complexity index is 850. The molecule has 1 saturated carbocycles. The Hall–Kier alpha value is -1.81. The van der Waals surface area contributed by atoms with Crippen molar-refractivity contribution in [2.45, 2.75) is 57.7 Å². The third-order valence-electron chi connectivity index (χ3n) is 7.31. The van der Waals surface area contributed by atoms with Crippen LogP contribution >= 0.6 is 0 Å². The maximum atomic E-state index is 13.6. The number of aliphatic hydroxyl groups is 2. The Labute approximate surface area is 207 Å². The second kappa shape index (κ2) is 11.1. The van der Waals surface area contributed by atoms with Crippen LogP contribution in [0.1, 0.15) is 46.5 Å². The molecule has 1 aliphatic heterocycles. The van der Waals surface area contributed by atoms with Gasteiger partial charge in [0, 0.05) is 51.5 Å². The first-order valence-electron chi connectivity index (χ1n) is 12.3. The number of benzene rings is 1. The zero-order valence-corrected chi connectivity index (χ0v) is 21.4. The molecule has 1 saturated heterocycles. The number of carbonyl (C=O) groups excluding carboxylic acids is 1. The van der Waals surface area contributed by atoms with Crippen molar-refractivity contribution in [2.24, 2.45) is 11.3 Å². The van der Waals surface area contributed by atoms with Crippen LogP contribution in [-0.4, -0.2) is 90.2 Å². The number of nitrogens with zero attached hydrogens (tertiary/aromatic N) is 2. The normalized spacial score (nSPS) is 28.6. The number of halogens is 2. The van der Waals surface area contributed by atoms with E-state index in [9.17, 15) is 23.8 Å². The Morgan fingerprint density at radius 1 is 1.06 bits per heavy atom. The maximum Gasteiger partial charge on any atom is 0.248 e. The smallest absolute Gasteiger partial charge is 0.248 e. The van der Waals surface area contributed by atoms with Crippen molar-refractivity contribution in [3.63, 3.8) is 0 Å². The van der Waals surface area contributed by atoms with Gasteiger partial charge in [0.1, 0.15) is 36.2 Å². The van der Waals surface area contributed by atoms with E-state index in [4.69, 9.17) is 9.47 Å². The van der Waals surface area contributed by atoms with Gasteiger partial charge in [-0.1, -0.05) is 20.8 Å². The van der Waals surface area contributed by atoms with Crippen LogP contribution < -0.4 is 4.74 Å². The molecule has 1 aromatic carbocycles. The van der Waals surface area contributed by atoms with E-state index in [-0.39, 0.29) is 43.4 Å². The predicted molar refractivity (Wildman–Crippen MR) is 128 cm³/mol. The highest BCUT2D eigenvalue weighted by Gasteiger charge is 2.42. The average molecular weight is 499 g/mol. The van der Waals surface area contributed by atoms with E-state index < -0.39 is 22.8 Å². The van der Waals surface area contributed by atoms with Crippen molar-refractivity contribution in [1.82, 2.24) is 9.80 Å². The number of carbonyl (C=O) groups is 1. The number of hydrogen-bond acceptors (Lipinski definition) is 6. The Morgan fingerprint density at radius 2 is 1.69 bits per heavy atom. The summed E-state index contributed by atoms with van der Waals surface area (Å²) >= 11 is 0. The lowest BCUT2D eigenvalue weighted by molar-refractivity contribution is -0.138. The van der Waals surface area contributed by atoms with E-state index in [0.717, 1.165) is 31.0 Å². The Morgan fingerprint density at radius 3 is 2.26 bits per heavy atom. The molecule has 35 heavy (non-hydrogen) atoms.